The molecule has 6 heteroatoms. The second-order valence-electron chi connectivity index (χ2n) is 6.73. The molecule has 0 spiro atoms. The van der Waals surface area contributed by atoms with E-state index in [4.69, 9.17) is 5.73 Å². The summed E-state index contributed by atoms with van der Waals surface area (Å²) in [4.78, 5) is 14.5. The second kappa shape index (κ2) is 7.93. The molecule has 0 aliphatic carbocycles. The number of hydrogen-bond donors (Lipinski definition) is 2. The molecule has 1 aliphatic heterocycles. The summed E-state index contributed by atoms with van der Waals surface area (Å²) in [5.74, 6) is -1.53. The van der Waals surface area contributed by atoms with Gasteiger partial charge in [0, 0.05) is 19.0 Å². The number of hydrogen-bond acceptors (Lipinski definition) is 3. The molecule has 0 bridgehead atoms. The summed E-state index contributed by atoms with van der Waals surface area (Å²) in [6, 6.07) is 13.1. The molecule has 0 radical (unpaired) electrons. The third-order valence-corrected chi connectivity index (χ3v) is 5.14. The molecule has 1 aliphatic rings. The van der Waals surface area contributed by atoms with Gasteiger partial charge < -0.3 is 11.1 Å². The number of nitrogens with one attached hydrogen (secondary N) is 1. The standard InChI is InChI=1S/C20H23F2N3O/c1-13(20(26)24-19-17(21)8-5-9-18(19)22)25-11-15(10-23)16(12-25)14-6-3-2-4-7-14/h2-9,13,15-16H,10-12,23H2,1H3,(H,24,26)/t13?,15-,16+/m1/s1. The van der Waals surface area contributed by atoms with Gasteiger partial charge in [-0.05, 0) is 37.1 Å². The fourth-order valence-corrected chi connectivity index (χ4v) is 3.55. The predicted octanol–water partition coefficient (Wildman–Crippen LogP) is 2.97. The molecule has 1 saturated heterocycles. The highest BCUT2D eigenvalue weighted by atomic mass is 19.1. The van der Waals surface area contributed by atoms with E-state index in [0.717, 1.165) is 12.1 Å². The van der Waals surface area contributed by atoms with Crippen LogP contribution in [0, 0.1) is 17.6 Å². The molecule has 0 saturated carbocycles. The first-order valence-corrected chi connectivity index (χ1v) is 8.75. The minimum Gasteiger partial charge on any atom is -0.330 e. The molecule has 1 heterocycles. The number of rotatable bonds is 5. The molecule has 1 amide bonds. The van der Waals surface area contributed by atoms with Crippen LogP contribution in [0.15, 0.2) is 48.5 Å². The average Bonchev–Trinajstić information content (AvgIpc) is 3.09. The van der Waals surface area contributed by atoms with Gasteiger partial charge in [-0.2, -0.15) is 0 Å². The van der Waals surface area contributed by atoms with Crippen LogP contribution in [0.3, 0.4) is 0 Å². The smallest absolute Gasteiger partial charge is 0.241 e. The molecule has 0 aromatic heterocycles. The molecule has 3 N–H and O–H groups in total. The zero-order valence-corrected chi connectivity index (χ0v) is 14.7. The molecular weight excluding hydrogens is 336 g/mol. The van der Waals surface area contributed by atoms with Crippen molar-refractivity contribution in [2.45, 2.75) is 18.9 Å². The van der Waals surface area contributed by atoms with E-state index in [1.165, 1.54) is 11.6 Å². The SMILES string of the molecule is CC(C(=O)Nc1c(F)cccc1F)N1C[C@@H](CN)[C@H](c2ccccc2)C1. The first kappa shape index (κ1) is 18.5. The number of carbonyl (C=O) groups excluding carboxylic acids is 1. The molecule has 2 aromatic rings. The van der Waals surface area contributed by atoms with Crippen molar-refractivity contribution in [2.24, 2.45) is 11.7 Å². The minimum absolute atomic E-state index is 0.234. The quantitative estimate of drug-likeness (QED) is 0.863. The highest BCUT2D eigenvalue weighted by Gasteiger charge is 2.37. The number of nitrogens with zero attached hydrogens (tertiary/aromatic N) is 1. The largest absolute Gasteiger partial charge is 0.330 e. The Hall–Kier alpha value is -2.31. The van der Waals surface area contributed by atoms with Gasteiger partial charge in [-0.25, -0.2) is 8.78 Å². The van der Waals surface area contributed by atoms with Crippen LogP contribution >= 0.6 is 0 Å². The van der Waals surface area contributed by atoms with E-state index in [2.05, 4.69) is 17.4 Å². The van der Waals surface area contributed by atoms with Crippen molar-refractivity contribution in [1.29, 1.82) is 0 Å². The first-order valence-electron chi connectivity index (χ1n) is 8.75. The number of likely N-dealkylation sites (tertiary alicyclic amines) is 1. The van der Waals surface area contributed by atoms with Crippen molar-refractivity contribution in [3.63, 3.8) is 0 Å². The summed E-state index contributed by atoms with van der Waals surface area (Å²) in [6.45, 7) is 3.62. The first-order chi connectivity index (χ1) is 12.5. The minimum atomic E-state index is -0.783. The van der Waals surface area contributed by atoms with Crippen molar-refractivity contribution >= 4 is 11.6 Å². The van der Waals surface area contributed by atoms with Gasteiger partial charge in [0.15, 0.2) is 0 Å². The van der Waals surface area contributed by atoms with Crippen LogP contribution in [0.1, 0.15) is 18.4 Å². The van der Waals surface area contributed by atoms with E-state index in [-0.39, 0.29) is 11.8 Å². The second-order valence-corrected chi connectivity index (χ2v) is 6.73. The molecule has 1 fully saturated rings. The number of nitrogens with two attached hydrogens (primary N) is 1. The maximum Gasteiger partial charge on any atom is 0.241 e. The van der Waals surface area contributed by atoms with Gasteiger partial charge in [-0.15, -0.1) is 0 Å². The van der Waals surface area contributed by atoms with Crippen LogP contribution in [0.2, 0.25) is 0 Å². The third-order valence-electron chi connectivity index (χ3n) is 5.14. The number of anilines is 1. The Balaban J connectivity index is 1.71. The van der Waals surface area contributed by atoms with E-state index in [1.807, 2.05) is 23.1 Å². The van der Waals surface area contributed by atoms with Gasteiger partial charge in [0.2, 0.25) is 5.91 Å². The normalized spacial score (nSPS) is 21.5. The van der Waals surface area contributed by atoms with E-state index in [9.17, 15) is 13.6 Å². The lowest BCUT2D eigenvalue weighted by Gasteiger charge is -2.23. The van der Waals surface area contributed by atoms with Crippen LogP contribution in [0.4, 0.5) is 14.5 Å². The number of carbonyl (C=O) groups is 1. The van der Waals surface area contributed by atoms with E-state index in [0.29, 0.717) is 19.6 Å². The molecule has 138 valence electrons. The zero-order chi connectivity index (χ0) is 18.7. The van der Waals surface area contributed by atoms with E-state index < -0.39 is 29.3 Å². The maximum absolute atomic E-state index is 13.8. The Morgan fingerprint density at radius 3 is 2.42 bits per heavy atom. The number of amides is 1. The van der Waals surface area contributed by atoms with Crippen molar-refractivity contribution in [1.82, 2.24) is 4.90 Å². The van der Waals surface area contributed by atoms with Gasteiger partial charge in [0.1, 0.15) is 17.3 Å². The predicted molar refractivity (Wildman–Crippen MR) is 97.8 cm³/mol. The van der Waals surface area contributed by atoms with Gasteiger partial charge in [0.05, 0.1) is 6.04 Å². The highest BCUT2D eigenvalue weighted by Crippen LogP contribution is 2.33. The number of benzene rings is 2. The summed E-state index contributed by atoms with van der Waals surface area (Å²) in [5, 5.41) is 2.38. The van der Waals surface area contributed by atoms with E-state index >= 15 is 0 Å². The summed E-state index contributed by atoms with van der Waals surface area (Å²) in [5.41, 5.74) is 6.73. The Labute approximate surface area is 152 Å². The summed E-state index contributed by atoms with van der Waals surface area (Å²) < 4.78 is 27.5. The van der Waals surface area contributed by atoms with Crippen molar-refractivity contribution in [2.75, 3.05) is 25.0 Å². The number of para-hydroxylation sites is 1. The van der Waals surface area contributed by atoms with Crippen molar-refractivity contribution in [3.8, 4) is 0 Å². The lowest BCUT2D eigenvalue weighted by molar-refractivity contribution is -0.120. The van der Waals surface area contributed by atoms with Gasteiger partial charge in [0.25, 0.3) is 0 Å². The Kier molecular flexibility index (Phi) is 5.64. The average molecular weight is 359 g/mol. The van der Waals surface area contributed by atoms with Crippen LogP contribution in [-0.2, 0) is 4.79 Å². The topological polar surface area (TPSA) is 58.4 Å². The monoisotopic (exact) mass is 359 g/mol. The summed E-state index contributed by atoms with van der Waals surface area (Å²) in [7, 11) is 0. The lowest BCUT2D eigenvalue weighted by atomic mass is 9.89. The fourth-order valence-electron chi connectivity index (χ4n) is 3.55. The molecule has 3 atom stereocenters. The Bertz CT molecular complexity index is 749. The van der Waals surface area contributed by atoms with Crippen LogP contribution in [0.25, 0.3) is 0 Å². The summed E-state index contributed by atoms with van der Waals surface area (Å²) >= 11 is 0. The van der Waals surface area contributed by atoms with Crippen LogP contribution < -0.4 is 11.1 Å². The molecule has 4 nitrogen and oxygen atoms in total. The molecule has 3 rings (SSSR count). The Morgan fingerprint density at radius 2 is 1.81 bits per heavy atom. The third kappa shape index (κ3) is 3.76. The molecule has 1 unspecified atom stereocenters. The number of halogens is 2. The fraction of sp³-hybridized carbons (Fsp3) is 0.350. The maximum atomic E-state index is 13.8. The van der Waals surface area contributed by atoms with Crippen LogP contribution in [0.5, 0.6) is 0 Å². The molecule has 2 aromatic carbocycles. The molecule has 26 heavy (non-hydrogen) atoms. The van der Waals surface area contributed by atoms with Crippen molar-refractivity contribution in [3.05, 3.63) is 65.7 Å². The van der Waals surface area contributed by atoms with Gasteiger partial charge >= 0.3 is 0 Å². The molecular formula is C20H23F2N3O. The van der Waals surface area contributed by atoms with Gasteiger partial charge in [-0.3, -0.25) is 9.69 Å². The summed E-state index contributed by atoms with van der Waals surface area (Å²) in [6.07, 6.45) is 0. The Morgan fingerprint density at radius 1 is 1.15 bits per heavy atom. The van der Waals surface area contributed by atoms with E-state index in [1.54, 1.807) is 6.92 Å². The van der Waals surface area contributed by atoms with Gasteiger partial charge in [-0.1, -0.05) is 36.4 Å². The van der Waals surface area contributed by atoms with Crippen LogP contribution in [-0.4, -0.2) is 36.5 Å². The van der Waals surface area contributed by atoms with Crippen molar-refractivity contribution < 1.29 is 13.6 Å². The lowest BCUT2D eigenvalue weighted by Crippen LogP contribution is -2.41. The highest BCUT2D eigenvalue weighted by molar-refractivity contribution is 5.94. The zero-order valence-electron chi connectivity index (χ0n) is 14.7.